The lowest BCUT2D eigenvalue weighted by atomic mass is 10.1. The van der Waals surface area contributed by atoms with Crippen molar-refractivity contribution >= 4 is 11.5 Å². The molecule has 0 aliphatic heterocycles. The first-order valence-electron chi connectivity index (χ1n) is 4.55. The number of nitrogens with two attached hydrogens (primary N) is 1. The number of hydrogen-bond donors (Lipinski definition) is 1. The minimum Gasteiger partial charge on any atom is -0.323 e. The van der Waals surface area contributed by atoms with Gasteiger partial charge >= 0.3 is 0 Å². The van der Waals surface area contributed by atoms with Crippen LogP contribution in [-0.2, 0) is 13.5 Å². The van der Waals surface area contributed by atoms with Crippen LogP contribution in [0.3, 0.4) is 0 Å². The van der Waals surface area contributed by atoms with Crippen LogP contribution in [0.2, 0.25) is 0 Å². The van der Waals surface area contributed by atoms with Crippen molar-refractivity contribution in [1.29, 1.82) is 0 Å². The summed E-state index contributed by atoms with van der Waals surface area (Å²) in [4.78, 5) is 5.14. The number of nitrogens with zero attached hydrogens (tertiary/aromatic N) is 5. The normalized spacial score (nSPS) is 13.0. The van der Waals surface area contributed by atoms with E-state index in [0.29, 0.717) is 6.42 Å². The molecule has 0 saturated heterocycles. The van der Waals surface area contributed by atoms with Gasteiger partial charge in [-0.25, -0.2) is 4.98 Å². The number of rotatable bonds is 3. The third-order valence-electron chi connectivity index (χ3n) is 2.23. The summed E-state index contributed by atoms with van der Waals surface area (Å²) in [5.74, 6) is 0.871. The molecular formula is C8H12N6S. The molecule has 0 amide bonds. The van der Waals surface area contributed by atoms with Gasteiger partial charge < -0.3 is 5.73 Å². The largest absolute Gasteiger partial charge is 0.323 e. The lowest BCUT2D eigenvalue weighted by molar-refractivity contribution is 0.633. The fourth-order valence-corrected chi connectivity index (χ4v) is 2.01. The maximum Gasteiger partial charge on any atom is 0.138 e. The molecule has 6 nitrogen and oxygen atoms in total. The van der Waals surface area contributed by atoms with Crippen LogP contribution in [0.25, 0.3) is 0 Å². The van der Waals surface area contributed by atoms with Gasteiger partial charge in [-0.15, -0.1) is 5.10 Å². The van der Waals surface area contributed by atoms with Crippen molar-refractivity contribution < 1.29 is 0 Å². The van der Waals surface area contributed by atoms with Crippen LogP contribution in [0.15, 0.2) is 6.33 Å². The molecule has 1 atom stereocenters. The van der Waals surface area contributed by atoms with E-state index < -0.39 is 0 Å². The quantitative estimate of drug-likeness (QED) is 0.806. The average Bonchev–Trinajstić information content (AvgIpc) is 2.76. The fraction of sp³-hybridized carbons (Fsp3) is 0.500. The van der Waals surface area contributed by atoms with Crippen LogP contribution in [0.1, 0.15) is 22.4 Å². The molecule has 0 aliphatic carbocycles. The second kappa shape index (κ2) is 4.03. The Kier molecular flexibility index (Phi) is 2.74. The van der Waals surface area contributed by atoms with E-state index >= 15 is 0 Å². The van der Waals surface area contributed by atoms with E-state index in [0.717, 1.165) is 16.4 Å². The second-order valence-corrected chi connectivity index (χ2v) is 4.12. The Balaban J connectivity index is 2.14. The van der Waals surface area contributed by atoms with Crippen molar-refractivity contribution in [3.63, 3.8) is 0 Å². The zero-order valence-corrected chi connectivity index (χ0v) is 9.40. The molecule has 15 heavy (non-hydrogen) atoms. The van der Waals surface area contributed by atoms with Gasteiger partial charge in [-0.05, 0) is 18.5 Å². The molecule has 7 heteroatoms. The zero-order chi connectivity index (χ0) is 10.8. The number of aryl methyl sites for hydroxylation is 2. The van der Waals surface area contributed by atoms with Gasteiger partial charge in [0, 0.05) is 19.5 Å². The Bertz CT molecular complexity index is 447. The molecule has 0 radical (unpaired) electrons. The monoisotopic (exact) mass is 224 g/mol. The second-order valence-electron chi connectivity index (χ2n) is 3.33. The molecule has 0 aliphatic rings. The zero-order valence-electron chi connectivity index (χ0n) is 8.58. The van der Waals surface area contributed by atoms with Gasteiger partial charge in [-0.3, -0.25) is 4.68 Å². The molecule has 0 fully saturated rings. The highest BCUT2D eigenvalue weighted by molar-refractivity contribution is 7.05. The molecule has 0 aromatic carbocycles. The van der Waals surface area contributed by atoms with Crippen LogP contribution in [0.5, 0.6) is 0 Å². The highest BCUT2D eigenvalue weighted by Crippen LogP contribution is 2.20. The first kappa shape index (κ1) is 10.2. The fourth-order valence-electron chi connectivity index (χ4n) is 1.37. The first-order valence-corrected chi connectivity index (χ1v) is 5.33. The topological polar surface area (TPSA) is 82.5 Å². The van der Waals surface area contributed by atoms with Crippen molar-refractivity contribution in [2.45, 2.75) is 19.4 Å². The maximum absolute atomic E-state index is 6.05. The summed E-state index contributed by atoms with van der Waals surface area (Å²) in [6, 6.07) is -0.104. The highest BCUT2D eigenvalue weighted by atomic mass is 32.1. The number of hydrogen-bond acceptors (Lipinski definition) is 6. The Hall–Kier alpha value is -1.34. The molecule has 1 unspecified atom stereocenters. The standard InChI is InChI=1S/C8H12N6S/c1-5-8(15-13-12-5)6(9)3-7-10-4-11-14(7)2/h4,6H,3,9H2,1-2H3. The molecule has 0 spiro atoms. The van der Waals surface area contributed by atoms with Crippen molar-refractivity contribution in [3.05, 3.63) is 22.7 Å². The van der Waals surface area contributed by atoms with Gasteiger partial charge in [0.1, 0.15) is 12.2 Å². The third-order valence-corrected chi connectivity index (χ3v) is 3.19. The summed E-state index contributed by atoms with van der Waals surface area (Å²) in [7, 11) is 1.85. The van der Waals surface area contributed by atoms with Crippen LogP contribution in [0.4, 0.5) is 0 Å². The van der Waals surface area contributed by atoms with E-state index in [1.165, 1.54) is 17.9 Å². The van der Waals surface area contributed by atoms with E-state index in [9.17, 15) is 0 Å². The minimum atomic E-state index is -0.104. The molecular weight excluding hydrogens is 212 g/mol. The van der Waals surface area contributed by atoms with Gasteiger partial charge in [0.05, 0.1) is 10.6 Å². The van der Waals surface area contributed by atoms with Crippen molar-refractivity contribution in [1.82, 2.24) is 24.4 Å². The summed E-state index contributed by atoms with van der Waals surface area (Å²) in [5.41, 5.74) is 6.95. The molecule has 2 rings (SSSR count). The van der Waals surface area contributed by atoms with Crippen LogP contribution >= 0.6 is 11.5 Å². The molecule has 80 valence electrons. The molecule has 0 saturated carbocycles. The van der Waals surface area contributed by atoms with Crippen LogP contribution < -0.4 is 5.73 Å². The van der Waals surface area contributed by atoms with E-state index in [2.05, 4.69) is 19.7 Å². The average molecular weight is 224 g/mol. The smallest absolute Gasteiger partial charge is 0.138 e. The Morgan fingerprint density at radius 3 is 2.93 bits per heavy atom. The molecule has 2 N–H and O–H groups in total. The van der Waals surface area contributed by atoms with Gasteiger partial charge in [0.25, 0.3) is 0 Å². The van der Waals surface area contributed by atoms with Gasteiger partial charge in [-0.1, -0.05) is 4.49 Å². The Morgan fingerprint density at radius 2 is 2.40 bits per heavy atom. The maximum atomic E-state index is 6.05. The lowest BCUT2D eigenvalue weighted by Gasteiger charge is -2.08. The molecule has 2 aromatic rings. The predicted octanol–water partition coefficient (Wildman–Crippen LogP) is 0.218. The highest BCUT2D eigenvalue weighted by Gasteiger charge is 2.15. The molecule has 2 heterocycles. The minimum absolute atomic E-state index is 0.104. The molecule has 2 aromatic heterocycles. The van der Waals surface area contributed by atoms with Crippen molar-refractivity contribution in [3.8, 4) is 0 Å². The van der Waals surface area contributed by atoms with Crippen molar-refractivity contribution in [2.24, 2.45) is 12.8 Å². The number of aromatic nitrogens is 5. The summed E-state index contributed by atoms with van der Waals surface area (Å²) >= 11 is 1.34. The van der Waals surface area contributed by atoms with Crippen LogP contribution in [-0.4, -0.2) is 24.4 Å². The van der Waals surface area contributed by atoms with Gasteiger partial charge in [0.15, 0.2) is 0 Å². The van der Waals surface area contributed by atoms with Crippen LogP contribution in [0, 0.1) is 6.92 Å². The van der Waals surface area contributed by atoms with Gasteiger partial charge in [0.2, 0.25) is 0 Å². The van der Waals surface area contributed by atoms with E-state index in [1.54, 1.807) is 4.68 Å². The SMILES string of the molecule is Cc1nnsc1C(N)Cc1ncnn1C. The Labute approximate surface area is 91.3 Å². The third kappa shape index (κ3) is 2.02. The summed E-state index contributed by atoms with van der Waals surface area (Å²) in [6.07, 6.45) is 2.18. The lowest BCUT2D eigenvalue weighted by Crippen LogP contribution is -2.15. The summed E-state index contributed by atoms with van der Waals surface area (Å²) in [6.45, 7) is 1.91. The van der Waals surface area contributed by atoms with E-state index in [-0.39, 0.29) is 6.04 Å². The van der Waals surface area contributed by atoms with E-state index in [1.807, 2.05) is 14.0 Å². The predicted molar refractivity (Wildman–Crippen MR) is 56.3 cm³/mol. The Morgan fingerprint density at radius 1 is 1.60 bits per heavy atom. The van der Waals surface area contributed by atoms with Gasteiger partial charge in [-0.2, -0.15) is 5.10 Å². The summed E-state index contributed by atoms with van der Waals surface area (Å²) < 4.78 is 5.59. The summed E-state index contributed by atoms with van der Waals surface area (Å²) in [5, 5.41) is 7.93. The van der Waals surface area contributed by atoms with E-state index in [4.69, 9.17) is 5.73 Å². The molecule has 0 bridgehead atoms. The first-order chi connectivity index (χ1) is 7.18. The van der Waals surface area contributed by atoms with Crippen molar-refractivity contribution in [2.75, 3.05) is 0 Å².